The van der Waals surface area contributed by atoms with Gasteiger partial charge in [-0.15, -0.1) is 4.59 Å². The maximum atomic E-state index is 12.1. The third-order valence-electron chi connectivity index (χ3n) is 3.32. The van der Waals surface area contributed by atoms with Crippen LogP contribution in [-0.2, 0) is 4.79 Å². The SMILES string of the molecule is C[N+]1(c2cccc3ccccc23)NC(N)=CC1=O. The lowest BCUT2D eigenvalue weighted by Gasteiger charge is -2.26. The molecule has 0 saturated carbocycles. The lowest BCUT2D eigenvalue weighted by atomic mass is 10.1. The van der Waals surface area contributed by atoms with Crippen LogP contribution < -0.4 is 15.8 Å². The summed E-state index contributed by atoms with van der Waals surface area (Å²) in [7, 11) is 1.81. The largest absolute Gasteiger partial charge is 0.381 e. The third-order valence-corrected chi connectivity index (χ3v) is 3.32. The summed E-state index contributed by atoms with van der Waals surface area (Å²) in [5.41, 5.74) is 9.61. The van der Waals surface area contributed by atoms with Crippen LogP contribution in [0.15, 0.2) is 54.4 Å². The minimum absolute atomic E-state index is 0.0206. The fourth-order valence-electron chi connectivity index (χ4n) is 2.38. The number of nitrogens with one attached hydrogen (secondary N) is 1. The number of carbonyl (C=O) groups is 1. The normalized spacial score (nSPS) is 22.9. The molecule has 2 aromatic rings. The minimum atomic E-state index is -0.0659. The molecular formula is C14H14N3O+. The van der Waals surface area contributed by atoms with Gasteiger partial charge in [0.05, 0.1) is 6.08 Å². The molecule has 2 aromatic carbocycles. The van der Waals surface area contributed by atoms with Crippen LogP contribution in [0.3, 0.4) is 0 Å². The Bertz CT molecular complexity index is 672. The Morgan fingerprint density at radius 1 is 1.11 bits per heavy atom. The molecule has 0 fully saturated rings. The van der Waals surface area contributed by atoms with E-state index < -0.39 is 0 Å². The smallest absolute Gasteiger partial charge is 0.371 e. The molecule has 18 heavy (non-hydrogen) atoms. The lowest BCUT2D eigenvalue weighted by Crippen LogP contribution is -2.56. The standard InChI is InChI=1S/C14H13N3O/c1-17(14(18)9-13(15)16-17)12-8-4-6-10-5-2-3-7-11(10)12/h2-9H,1H3,(H2-,15,16,18)/p+1. The average Bonchev–Trinajstić information content (AvgIpc) is 2.63. The number of benzene rings is 2. The van der Waals surface area contributed by atoms with Gasteiger partial charge in [-0.25, -0.2) is 10.2 Å². The molecule has 1 amide bonds. The van der Waals surface area contributed by atoms with Crippen LogP contribution in [0.5, 0.6) is 0 Å². The molecule has 0 spiro atoms. The van der Waals surface area contributed by atoms with Crippen LogP contribution in [0.1, 0.15) is 0 Å². The molecule has 1 aliphatic rings. The van der Waals surface area contributed by atoms with E-state index in [1.54, 1.807) is 7.05 Å². The van der Waals surface area contributed by atoms with E-state index in [0.717, 1.165) is 16.5 Å². The summed E-state index contributed by atoms with van der Waals surface area (Å²) in [6.07, 6.45) is 1.43. The predicted octanol–water partition coefficient (Wildman–Crippen LogP) is 1.62. The molecule has 4 heteroatoms. The van der Waals surface area contributed by atoms with Crippen molar-refractivity contribution < 1.29 is 4.79 Å². The molecule has 0 radical (unpaired) electrons. The second-order valence-electron chi connectivity index (χ2n) is 4.55. The van der Waals surface area contributed by atoms with E-state index in [-0.39, 0.29) is 10.5 Å². The van der Waals surface area contributed by atoms with Crippen LogP contribution in [0.4, 0.5) is 5.69 Å². The summed E-state index contributed by atoms with van der Waals surface area (Å²) in [6.45, 7) is 0. The summed E-state index contributed by atoms with van der Waals surface area (Å²) in [5, 5.41) is 2.15. The Morgan fingerprint density at radius 2 is 1.83 bits per heavy atom. The zero-order chi connectivity index (χ0) is 12.8. The van der Waals surface area contributed by atoms with Crippen molar-refractivity contribution in [3.8, 4) is 0 Å². The van der Waals surface area contributed by atoms with Crippen molar-refractivity contribution in [3.05, 3.63) is 54.4 Å². The van der Waals surface area contributed by atoms with E-state index in [1.807, 2.05) is 42.5 Å². The van der Waals surface area contributed by atoms with Crippen LogP contribution in [0, 0.1) is 0 Å². The highest BCUT2D eigenvalue weighted by Crippen LogP contribution is 2.31. The highest BCUT2D eigenvalue weighted by atomic mass is 16.2. The van der Waals surface area contributed by atoms with Gasteiger partial charge >= 0.3 is 5.91 Å². The Morgan fingerprint density at radius 3 is 2.56 bits per heavy atom. The van der Waals surface area contributed by atoms with Crippen molar-refractivity contribution in [2.24, 2.45) is 5.73 Å². The number of rotatable bonds is 1. The van der Waals surface area contributed by atoms with Gasteiger partial charge in [-0.3, -0.25) is 0 Å². The summed E-state index contributed by atoms with van der Waals surface area (Å²) >= 11 is 0. The molecular weight excluding hydrogens is 226 g/mol. The van der Waals surface area contributed by atoms with Gasteiger partial charge in [0.1, 0.15) is 7.05 Å². The Labute approximate surface area is 105 Å². The topological polar surface area (TPSA) is 55.1 Å². The zero-order valence-electron chi connectivity index (χ0n) is 10.1. The molecule has 3 N–H and O–H groups in total. The van der Waals surface area contributed by atoms with Crippen molar-refractivity contribution in [2.75, 3.05) is 7.05 Å². The Hall–Kier alpha value is -2.33. The van der Waals surface area contributed by atoms with Gasteiger partial charge in [-0.2, -0.15) is 0 Å². The molecule has 1 atom stereocenters. The number of likely N-dealkylation sites (N-methyl/N-ethyl adjacent to an activating group) is 1. The minimum Gasteiger partial charge on any atom is -0.381 e. The number of hydrogen-bond acceptors (Lipinski definition) is 3. The van der Waals surface area contributed by atoms with Crippen LogP contribution in [0.25, 0.3) is 10.8 Å². The average molecular weight is 240 g/mol. The third kappa shape index (κ3) is 1.39. The van der Waals surface area contributed by atoms with Gasteiger partial charge in [0.15, 0.2) is 11.5 Å². The zero-order valence-corrected chi connectivity index (χ0v) is 10.1. The van der Waals surface area contributed by atoms with Crippen LogP contribution in [-0.4, -0.2) is 13.0 Å². The second-order valence-corrected chi connectivity index (χ2v) is 4.55. The number of nitrogens with two attached hydrogens (primary N) is 1. The molecule has 1 heterocycles. The van der Waals surface area contributed by atoms with E-state index >= 15 is 0 Å². The quantitative estimate of drug-likeness (QED) is 0.745. The molecule has 3 rings (SSSR count). The number of nitrogens with zero attached hydrogens (tertiary/aromatic N) is 1. The van der Waals surface area contributed by atoms with Crippen molar-refractivity contribution in [3.63, 3.8) is 0 Å². The fraction of sp³-hybridized carbons (Fsp3) is 0.0714. The second kappa shape index (κ2) is 3.58. The highest BCUT2D eigenvalue weighted by Gasteiger charge is 2.40. The van der Waals surface area contributed by atoms with E-state index in [1.165, 1.54) is 6.08 Å². The summed E-state index contributed by atoms with van der Waals surface area (Å²) < 4.78 is -0.0206. The Kier molecular flexibility index (Phi) is 2.15. The molecule has 90 valence electrons. The van der Waals surface area contributed by atoms with Crippen molar-refractivity contribution in [1.82, 2.24) is 10.0 Å². The first kappa shape index (κ1) is 10.8. The maximum Gasteiger partial charge on any atom is 0.371 e. The van der Waals surface area contributed by atoms with Crippen molar-refractivity contribution >= 4 is 22.4 Å². The van der Waals surface area contributed by atoms with Gasteiger partial charge in [0.2, 0.25) is 0 Å². The summed E-state index contributed by atoms with van der Waals surface area (Å²) in [4.78, 5) is 12.1. The predicted molar refractivity (Wildman–Crippen MR) is 72.1 cm³/mol. The van der Waals surface area contributed by atoms with E-state index in [9.17, 15) is 4.79 Å². The molecule has 4 nitrogen and oxygen atoms in total. The van der Waals surface area contributed by atoms with Gasteiger partial charge in [-0.05, 0) is 11.5 Å². The van der Waals surface area contributed by atoms with E-state index in [0.29, 0.717) is 5.82 Å². The molecule has 0 saturated heterocycles. The van der Waals surface area contributed by atoms with Gasteiger partial charge in [0, 0.05) is 11.5 Å². The molecule has 1 unspecified atom stereocenters. The van der Waals surface area contributed by atoms with Gasteiger partial charge < -0.3 is 5.73 Å². The number of quaternary nitrogens is 1. The Balaban J connectivity index is 2.25. The molecule has 0 bridgehead atoms. The number of amides is 1. The first-order valence-electron chi connectivity index (χ1n) is 5.76. The lowest BCUT2D eigenvalue weighted by molar-refractivity contribution is -0.124. The maximum absolute atomic E-state index is 12.1. The van der Waals surface area contributed by atoms with Crippen LogP contribution in [0.2, 0.25) is 0 Å². The van der Waals surface area contributed by atoms with Crippen LogP contribution >= 0.6 is 0 Å². The molecule has 0 aromatic heterocycles. The van der Waals surface area contributed by atoms with E-state index in [4.69, 9.17) is 5.73 Å². The number of hydrogen-bond donors (Lipinski definition) is 2. The van der Waals surface area contributed by atoms with Gasteiger partial charge in [-0.1, -0.05) is 30.3 Å². The summed E-state index contributed by atoms with van der Waals surface area (Å²) in [6, 6.07) is 13.9. The monoisotopic (exact) mass is 240 g/mol. The number of carbonyl (C=O) groups excluding carboxylic acids is 1. The number of fused-ring (bicyclic) bond motifs is 1. The first-order chi connectivity index (χ1) is 8.61. The van der Waals surface area contributed by atoms with Crippen molar-refractivity contribution in [2.45, 2.75) is 0 Å². The molecule has 0 aliphatic carbocycles. The van der Waals surface area contributed by atoms with Gasteiger partial charge in [0.25, 0.3) is 0 Å². The molecule has 1 aliphatic heterocycles. The first-order valence-corrected chi connectivity index (χ1v) is 5.76. The summed E-state index contributed by atoms with van der Waals surface area (Å²) in [5.74, 6) is 0.333. The van der Waals surface area contributed by atoms with Crippen molar-refractivity contribution in [1.29, 1.82) is 0 Å². The highest BCUT2D eigenvalue weighted by molar-refractivity contribution is 6.05. The van der Waals surface area contributed by atoms with E-state index in [2.05, 4.69) is 5.43 Å². The fourth-order valence-corrected chi connectivity index (χ4v) is 2.38.